The first kappa shape index (κ1) is 21.3. The maximum Gasteiger partial charge on any atom is 0.347 e. The maximum atomic E-state index is 12.1. The van der Waals surface area contributed by atoms with Gasteiger partial charge in [0.25, 0.3) is 5.91 Å². The summed E-state index contributed by atoms with van der Waals surface area (Å²) in [6.45, 7) is 7.57. The van der Waals surface area contributed by atoms with Crippen LogP contribution in [0, 0.1) is 0 Å². The van der Waals surface area contributed by atoms with Crippen LogP contribution in [0.4, 0.5) is 5.69 Å². The van der Waals surface area contributed by atoms with E-state index in [0.29, 0.717) is 17.2 Å². The van der Waals surface area contributed by atoms with Gasteiger partial charge in [-0.15, -0.1) is 0 Å². The molecule has 0 saturated carbocycles. The Balaban J connectivity index is 1.80. The van der Waals surface area contributed by atoms with Gasteiger partial charge in [0, 0.05) is 5.69 Å². The number of amides is 1. The molecule has 2 aromatic carbocycles. The highest BCUT2D eigenvalue weighted by Crippen LogP contribution is 2.24. The molecule has 2 aromatic rings. The van der Waals surface area contributed by atoms with Crippen molar-refractivity contribution in [3.8, 4) is 11.5 Å². The molecule has 0 fully saturated rings. The molecule has 6 nitrogen and oxygen atoms in total. The summed E-state index contributed by atoms with van der Waals surface area (Å²) in [7, 11) is 1.56. The van der Waals surface area contributed by atoms with E-state index in [1.165, 1.54) is 5.56 Å². The van der Waals surface area contributed by atoms with E-state index in [1.54, 1.807) is 38.3 Å². The van der Waals surface area contributed by atoms with Gasteiger partial charge in [-0.3, -0.25) is 4.79 Å². The van der Waals surface area contributed by atoms with Gasteiger partial charge in [0.1, 0.15) is 11.5 Å². The molecule has 150 valence electrons. The first-order valence-corrected chi connectivity index (χ1v) is 9.07. The van der Waals surface area contributed by atoms with Gasteiger partial charge in [0.05, 0.1) is 7.11 Å². The smallest absolute Gasteiger partial charge is 0.347 e. The number of hydrogen-bond acceptors (Lipinski definition) is 5. The number of nitrogens with one attached hydrogen (secondary N) is 1. The summed E-state index contributed by atoms with van der Waals surface area (Å²) in [5.41, 5.74) is 1.80. The molecule has 0 radical (unpaired) electrons. The largest absolute Gasteiger partial charge is 0.497 e. The predicted molar refractivity (Wildman–Crippen MR) is 108 cm³/mol. The van der Waals surface area contributed by atoms with Crippen LogP contribution in [0.1, 0.15) is 33.3 Å². The Kier molecular flexibility index (Phi) is 7.04. The summed E-state index contributed by atoms with van der Waals surface area (Å²) in [6, 6.07) is 14.4. The van der Waals surface area contributed by atoms with Crippen molar-refractivity contribution in [3.05, 3.63) is 54.1 Å². The molecule has 0 aromatic heterocycles. The molecule has 1 amide bonds. The second-order valence-corrected chi connectivity index (χ2v) is 7.42. The lowest BCUT2D eigenvalue weighted by Crippen LogP contribution is -2.29. The van der Waals surface area contributed by atoms with Crippen molar-refractivity contribution in [2.24, 2.45) is 0 Å². The Bertz CT molecular complexity index is 791. The number of anilines is 1. The fraction of sp³-hybridized carbons (Fsp3) is 0.364. The summed E-state index contributed by atoms with van der Waals surface area (Å²) in [5.74, 6) is 0.219. The summed E-state index contributed by atoms with van der Waals surface area (Å²) in [4.78, 5) is 24.0. The van der Waals surface area contributed by atoms with Crippen LogP contribution < -0.4 is 14.8 Å². The van der Waals surface area contributed by atoms with Gasteiger partial charge < -0.3 is 19.5 Å². The third-order valence-corrected chi connectivity index (χ3v) is 4.08. The fourth-order valence-corrected chi connectivity index (χ4v) is 2.41. The van der Waals surface area contributed by atoms with Crippen molar-refractivity contribution >= 4 is 17.6 Å². The van der Waals surface area contributed by atoms with Crippen LogP contribution in [-0.4, -0.2) is 31.7 Å². The molecule has 6 heteroatoms. The molecule has 2 rings (SSSR count). The molecule has 0 aliphatic rings. The summed E-state index contributed by atoms with van der Waals surface area (Å²) >= 11 is 0. The second kappa shape index (κ2) is 9.26. The van der Waals surface area contributed by atoms with Crippen LogP contribution in [0.25, 0.3) is 0 Å². The monoisotopic (exact) mass is 385 g/mol. The standard InChI is InChI=1S/C22H27NO5/c1-15(28-19-10-6-16(7-11-19)22(2,3)4)21(25)27-14-20(24)23-17-8-12-18(26-5)13-9-17/h6-13,15H,14H2,1-5H3,(H,23,24)/t15-/m1/s1. The number of carbonyl (C=O) groups is 2. The molecule has 0 unspecified atom stereocenters. The number of hydrogen-bond donors (Lipinski definition) is 1. The van der Waals surface area contributed by atoms with E-state index in [1.807, 2.05) is 24.3 Å². The quantitative estimate of drug-likeness (QED) is 0.731. The number of esters is 1. The Morgan fingerprint density at radius 1 is 0.964 bits per heavy atom. The van der Waals surface area contributed by atoms with Gasteiger partial charge in [0.15, 0.2) is 12.7 Å². The highest BCUT2D eigenvalue weighted by molar-refractivity contribution is 5.93. The first-order valence-electron chi connectivity index (χ1n) is 9.07. The van der Waals surface area contributed by atoms with Crippen LogP contribution in [0.15, 0.2) is 48.5 Å². The van der Waals surface area contributed by atoms with Crippen LogP contribution in [0.5, 0.6) is 11.5 Å². The van der Waals surface area contributed by atoms with Crippen LogP contribution in [0.3, 0.4) is 0 Å². The molecular formula is C22H27NO5. The number of carbonyl (C=O) groups excluding carboxylic acids is 2. The van der Waals surface area contributed by atoms with Crippen molar-refractivity contribution in [3.63, 3.8) is 0 Å². The van der Waals surface area contributed by atoms with Crippen LogP contribution in [-0.2, 0) is 19.7 Å². The minimum atomic E-state index is -0.825. The molecule has 0 bridgehead atoms. The zero-order valence-corrected chi connectivity index (χ0v) is 16.9. The fourth-order valence-electron chi connectivity index (χ4n) is 2.41. The van der Waals surface area contributed by atoms with Crippen LogP contribution in [0.2, 0.25) is 0 Å². The number of methoxy groups -OCH3 is 1. The Hall–Kier alpha value is -3.02. The zero-order chi connectivity index (χ0) is 20.7. The molecule has 0 aliphatic heterocycles. The molecule has 1 atom stereocenters. The third-order valence-electron chi connectivity index (χ3n) is 4.08. The molecule has 0 heterocycles. The lowest BCUT2D eigenvalue weighted by molar-refractivity contribution is -0.153. The average Bonchev–Trinajstić information content (AvgIpc) is 2.66. The predicted octanol–water partition coefficient (Wildman–Crippen LogP) is 3.94. The lowest BCUT2D eigenvalue weighted by atomic mass is 9.87. The van der Waals surface area contributed by atoms with Gasteiger partial charge in [-0.05, 0) is 54.3 Å². The molecule has 0 spiro atoms. The van der Waals surface area contributed by atoms with E-state index in [-0.39, 0.29) is 12.0 Å². The van der Waals surface area contributed by atoms with E-state index in [4.69, 9.17) is 14.2 Å². The second-order valence-electron chi connectivity index (χ2n) is 7.42. The van der Waals surface area contributed by atoms with Gasteiger partial charge in [-0.1, -0.05) is 32.9 Å². The first-order chi connectivity index (χ1) is 13.2. The SMILES string of the molecule is COc1ccc(NC(=O)COC(=O)[C@@H](C)Oc2ccc(C(C)(C)C)cc2)cc1. The number of ether oxygens (including phenoxy) is 3. The van der Waals surface area contributed by atoms with Gasteiger partial charge in [-0.2, -0.15) is 0 Å². The maximum absolute atomic E-state index is 12.1. The van der Waals surface area contributed by atoms with Gasteiger partial charge >= 0.3 is 5.97 Å². The number of benzene rings is 2. The van der Waals surface area contributed by atoms with Crippen molar-refractivity contribution in [2.75, 3.05) is 19.0 Å². The van der Waals surface area contributed by atoms with Crippen molar-refractivity contribution in [1.82, 2.24) is 0 Å². The molecular weight excluding hydrogens is 358 g/mol. The minimum absolute atomic E-state index is 0.0420. The average molecular weight is 385 g/mol. The van der Waals surface area contributed by atoms with E-state index in [9.17, 15) is 9.59 Å². The lowest BCUT2D eigenvalue weighted by Gasteiger charge is -2.20. The van der Waals surface area contributed by atoms with Crippen LogP contribution >= 0.6 is 0 Å². The van der Waals surface area contributed by atoms with Crippen molar-refractivity contribution in [1.29, 1.82) is 0 Å². The summed E-state index contributed by atoms with van der Waals surface area (Å²) in [5, 5.41) is 2.64. The van der Waals surface area contributed by atoms with E-state index >= 15 is 0 Å². The summed E-state index contributed by atoms with van der Waals surface area (Å²) < 4.78 is 15.7. The van der Waals surface area contributed by atoms with Gasteiger partial charge in [-0.25, -0.2) is 4.79 Å². The molecule has 0 saturated heterocycles. The topological polar surface area (TPSA) is 73.9 Å². The van der Waals surface area contributed by atoms with E-state index in [2.05, 4.69) is 26.1 Å². The summed E-state index contributed by atoms with van der Waals surface area (Å²) in [6.07, 6.45) is -0.825. The Morgan fingerprint density at radius 3 is 2.07 bits per heavy atom. The zero-order valence-electron chi connectivity index (χ0n) is 16.9. The van der Waals surface area contributed by atoms with E-state index < -0.39 is 18.0 Å². The highest BCUT2D eigenvalue weighted by atomic mass is 16.6. The van der Waals surface area contributed by atoms with Gasteiger partial charge in [0.2, 0.25) is 0 Å². The van der Waals surface area contributed by atoms with Crippen molar-refractivity contribution in [2.45, 2.75) is 39.2 Å². The molecule has 1 N–H and O–H groups in total. The normalized spacial score (nSPS) is 12.0. The third kappa shape index (κ3) is 6.30. The highest BCUT2D eigenvalue weighted by Gasteiger charge is 2.19. The van der Waals surface area contributed by atoms with Crippen molar-refractivity contribution < 1.29 is 23.8 Å². The Labute approximate surface area is 165 Å². The molecule has 0 aliphatic carbocycles. The number of rotatable bonds is 7. The van der Waals surface area contributed by atoms with E-state index in [0.717, 1.165) is 0 Å². The Morgan fingerprint density at radius 2 is 1.54 bits per heavy atom. The minimum Gasteiger partial charge on any atom is -0.497 e. The molecule has 28 heavy (non-hydrogen) atoms.